The van der Waals surface area contributed by atoms with Gasteiger partial charge in [-0.15, -0.1) is 0 Å². The third-order valence-electron chi connectivity index (χ3n) is 5.53. The van der Waals surface area contributed by atoms with Gasteiger partial charge in [0.2, 0.25) is 6.41 Å². The molecule has 1 unspecified atom stereocenters. The fraction of sp³-hybridized carbons (Fsp3) is 0.318. The monoisotopic (exact) mass is 499 g/mol. The molecule has 0 saturated heterocycles. The first-order chi connectivity index (χ1) is 16.0. The second-order valence-electron chi connectivity index (χ2n) is 7.74. The topological polar surface area (TPSA) is 106 Å². The van der Waals surface area contributed by atoms with Crippen LogP contribution in [0.2, 0.25) is 0 Å². The van der Waals surface area contributed by atoms with Gasteiger partial charge in [0.1, 0.15) is 11.3 Å². The molecule has 2 heterocycles. The van der Waals surface area contributed by atoms with Gasteiger partial charge in [-0.1, -0.05) is 30.3 Å². The molecule has 0 spiro atoms. The molecule has 0 fully saturated rings. The van der Waals surface area contributed by atoms with Crippen LogP contribution >= 0.6 is 0 Å². The van der Waals surface area contributed by atoms with Crippen molar-refractivity contribution in [1.82, 2.24) is 4.90 Å². The Labute approximate surface area is 192 Å². The first kappa shape index (κ1) is 24.2. The molecule has 8 nitrogen and oxygen atoms in total. The Kier molecular flexibility index (Phi) is 6.42. The molecule has 0 saturated carbocycles. The van der Waals surface area contributed by atoms with E-state index in [0.717, 1.165) is 11.6 Å². The van der Waals surface area contributed by atoms with E-state index in [-0.39, 0.29) is 29.9 Å². The summed E-state index contributed by atoms with van der Waals surface area (Å²) in [6.07, 6.45) is -0.947. The number of nitrogens with zero attached hydrogens (tertiary/aromatic N) is 1. The lowest BCUT2D eigenvalue weighted by molar-refractivity contribution is -0.204. The van der Waals surface area contributed by atoms with Gasteiger partial charge in [-0.05, 0) is 36.6 Å². The van der Waals surface area contributed by atoms with E-state index in [9.17, 15) is 31.5 Å². The van der Waals surface area contributed by atoms with Crippen molar-refractivity contribution < 1.29 is 40.0 Å². The number of rotatable bonds is 6. The number of hydrogen-bond acceptors (Lipinski definition) is 8. The van der Waals surface area contributed by atoms with Crippen LogP contribution in [0.25, 0.3) is 11.0 Å². The van der Waals surface area contributed by atoms with E-state index in [1.807, 2.05) is 30.3 Å². The van der Waals surface area contributed by atoms with Crippen LogP contribution in [0.1, 0.15) is 22.3 Å². The number of benzene rings is 2. The van der Waals surface area contributed by atoms with Crippen molar-refractivity contribution in [2.45, 2.75) is 38.4 Å². The summed E-state index contributed by atoms with van der Waals surface area (Å²) in [5, 5.41) is 10.9. The Morgan fingerprint density at radius 1 is 1.15 bits per heavy atom. The summed E-state index contributed by atoms with van der Waals surface area (Å²) in [6.45, 7) is 1.83. The normalized spacial score (nSPS) is 15.8. The highest BCUT2D eigenvalue weighted by Gasteiger charge is 2.48. The molecule has 1 aliphatic rings. The molecule has 0 radical (unpaired) electrons. The zero-order valence-electron chi connectivity index (χ0n) is 17.8. The maximum Gasteiger partial charge on any atom is 0.534 e. The van der Waals surface area contributed by atoms with E-state index in [2.05, 4.69) is 4.18 Å². The smallest absolute Gasteiger partial charge is 0.422 e. The van der Waals surface area contributed by atoms with Crippen LogP contribution in [0.4, 0.5) is 13.2 Å². The van der Waals surface area contributed by atoms with Crippen molar-refractivity contribution in [1.29, 1.82) is 0 Å². The number of alkyl halides is 3. The lowest BCUT2D eigenvalue weighted by Gasteiger charge is -2.32. The molecule has 1 N–H and O–H groups in total. The number of aryl methyl sites for hydroxylation is 1. The average Bonchev–Trinajstić information content (AvgIpc) is 2.79. The molecule has 1 atom stereocenters. The van der Waals surface area contributed by atoms with Gasteiger partial charge in [0, 0.05) is 24.0 Å². The molecule has 0 aliphatic carbocycles. The second kappa shape index (κ2) is 9.02. The fourth-order valence-corrected chi connectivity index (χ4v) is 4.27. The molecule has 3 aromatic rings. The Hall–Kier alpha value is -2.93. The third kappa shape index (κ3) is 4.67. The summed E-state index contributed by atoms with van der Waals surface area (Å²) in [7, 11) is -5.88. The standard InChI is InChI=1S/C22H20F3NO7S/c1-13-18(33-34(29,30)22(23,24)25)8-7-16-15-9-10-26(11-17(15)20(27)32-19(13)16)21(28)31-12-14-5-3-2-4-6-14/h2-8,21,28H,9-12H2,1H3. The number of halogens is 3. The summed E-state index contributed by atoms with van der Waals surface area (Å²) in [6, 6.07) is 11.7. The van der Waals surface area contributed by atoms with E-state index in [1.165, 1.54) is 13.0 Å². The highest BCUT2D eigenvalue weighted by molar-refractivity contribution is 7.88. The van der Waals surface area contributed by atoms with Crippen molar-refractivity contribution in [3.8, 4) is 5.75 Å². The van der Waals surface area contributed by atoms with Crippen LogP contribution in [-0.2, 0) is 34.4 Å². The van der Waals surface area contributed by atoms with E-state index in [4.69, 9.17) is 9.15 Å². The molecule has 1 aliphatic heterocycles. The van der Waals surface area contributed by atoms with Gasteiger partial charge in [-0.2, -0.15) is 21.6 Å². The largest absolute Gasteiger partial charge is 0.534 e. The first-order valence-electron chi connectivity index (χ1n) is 10.1. The Morgan fingerprint density at radius 2 is 1.85 bits per heavy atom. The number of hydrogen-bond donors (Lipinski definition) is 1. The SMILES string of the molecule is Cc1c(OS(=O)(=O)C(F)(F)F)ccc2c3c(c(=O)oc12)CN(C(O)OCc1ccccc1)CC3. The van der Waals surface area contributed by atoms with Gasteiger partial charge in [0.15, 0.2) is 0 Å². The summed E-state index contributed by atoms with van der Waals surface area (Å²) < 4.78 is 75.9. The maximum absolute atomic E-state index is 12.7. The Bertz CT molecular complexity index is 1370. The highest BCUT2D eigenvalue weighted by atomic mass is 32.2. The second-order valence-corrected chi connectivity index (χ2v) is 9.28. The lowest BCUT2D eigenvalue weighted by atomic mass is 9.96. The number of fused-ring (bicyclic) bond motifs is 3. The van der Waals surface area contributed by atoms with Crippen molar-refractivity contribution in [2.24, 2.45) is 0 Å². The maximum atomic E-state index is 12.7. The number of ether oxygens (including phenoxy) is 1. The predicted octanol–water partition coefficient (Wildman–Crippen LogP) is 3.18. The minimum Gasteiger partial charge on any atom is -0.422 e. The van der Waals surface area contributed by atoms with Crippen LogP contribution in [0.5, 0.6) is 5.75 Å². The van der Waals surface area contributed by atoms with Crippen LogP contribution in [0.15, 0.2) is 51.7 Å². The Balaban J connectivity index is 1.59. The van der Waals surface area contributed by atoms with Crippen molar-refractivity contribution in [3.05, 3.63) is 75.1 Å². The van der Waals surface area contributed by atoms with E-state index in [1.54, 1.807) is 4.90 Å². The van der Waals surface area contributed by atoms with Crippen LogP contribution in [0, 0.1) is 6.92 Å². The number of aliphatic hydroxyl groups is 1. The van der Waals surface area contributed by atoms with Gasteiger partial charge in [-0.25, -0.2) is 4.79 Å². The van der Waals surface area contributed by atoms with E-state index >= 15 is 0 Å². The molecular formula is C22H20F3NO7S. The summed E-state index contributed by atoms with van der Waals surface area (Å²) >= 11 is 0. The van der Waals surface area contributed by atoms with Crippen molar-refractivity contribution in [2.75, 3.05) is 6.54 Å². The highest BCUT2D eigenvalue weighted by Crippen LogP contribution is 2.35. The van der Waals surface area contributed by atoms with Crippen LogP contribution in [0.3, 0.4) is 0 Å². The Morgan fingerprint density at radius 3 is 2.53 bits per heavy atom. The molecule has 12 heteroatoms. The third-order valence-corrected chi connectivity index (χ3v) is 6.50. The molecular weight excluding hydrogens is 479 g/mol. The lowest BCUT2D eigenvalue weighted by Crippen LogP contribution is -2.42. The van der Waals surface area contributed by atoms with Crippen molar-refractivity contribution in [3.63, 3.8) is 0 Å². The summed E-state index contributed by atoms with van der Waals surface area (Å²) in [5.74, 6) is -0.588. The molecule has 34 heavy (non-hydrogen) atoms. The van der Waals surface area contributed by atoms with E-state index < -0.39 is 33.4 Å². The molecule has 182 valence electrons. The summed E-state index contributed by atoms with van der Waals surface area (Å²) in [5.41, 5.74) is -4.72. The zero-order valence-corrected chi connectivity index (χ0v) is 18.6. The van der Waals surface area contributed by atoms with Gasteiger partial charge in [0.25, 0.3) is 0 Å². The van der Waals surface area contributed by atoms with Crippen molar-refractivity contribution >= 4 is 21.1 Å². The molecule has 0 bridgehead atoms. The van der Waals surface area contributed by atoms with Gasteiger partial charge < -0.3 is 18.4 Å². The molecule has 4 rings (SSSR count). The minimum absolute atomic E-state index is 0.0311. The molecule has 0 amide bonds. The van der Waals surface area contributed by atoms with E-state index in [0.29, 0.717) is 23.9 Å². The predicted molar refractivity (Wildman–Crippen MR) is 114 cm³/mol. The van der Waals surface area contributed by atoms with Gasteiger partial charge in [-0.3, -0.25) is 4.90 Å². The quantitative estimate of drug-likeness (QED) is 0.239. The van der Waals surface area contributed by atoms with Gasteiger partial charge >= 0.3 is 21.3 Å². The summed E-state index contributed by atoms with van der Waals surface area (Å²) in [4.78, 5) is 14.2. The molecule has 2 aromatic carbocycles. The van der Waals surface area contributed by atoms with Crippen LogP contribution in [-0.4, -0.2) is 36.9 Å². The van der Waals surface area contributed by atoms with Gasteiger partial charge in [0.05, 0.1) is 12.2 Å². The average molecular weight is 499 g/mol. The zero-order chi connectivity index (χ0) is 24.7. The first-order valence-corrected chi connectivity index (χ1v) is 11.6. The van der Waals surface area contributed by atoms with Crippen LogP contribution < -0.4 is 9.81 Å². The number of aliphatic hydroxyl groups excluding tert-OH is 1. The fourth-order valence-electron chi connectivity index (χ4n) is 3.76. The molecule has 1 aromatic heterocycles. The minimum atomic E-state index is -5.88.